The summed E-state index contributed by atoms with van der Waals surface area (Å²) < 4.78 is 14.4. The van der Waals surface area contributed by atoms with Gasteiger partial charge in [-0.05, 0) is 42.1 Å². The standard InChI is InChI=1S/C21H16BrFN2O2/c22-14-9-10-17(16(23)12-14)24-19(26)8-3-11-25-18-7-2-5-13-4-1-6-15(20(13)18)21(25)27/h1-2,4-7,9-10,12H,3,8,11H2,(H,24,26). The van der Waals surface area contributed by atoms with Crippen LogP contribution in [0, 0.1) is 5.82 Å². The van der Waals surface area contributed by atoms with Crippen molar-refractivity contribution < 1.29 is 14.0 Å². The average molecular weight is 427 g/mol. The smallest absolute Gasteiger partial charge is 0.258 e. The summed E-state index contributed by atoms with van der Waals surface area (Å²) in [6.45, 7) is 0.433. The largest absolute Gasteiger partial charge is 0.324 e. The van der Waals surface area contributed by atoms with E-state index in [1.807, 2.05) is 36.4 Å². The Bertz CT molecular complexity index is 1060. The molecule has 2 amide bonds. The lowest BCUT2D eigenvalue weighted by Gasteiger charge is -2.17. The van der Waals surface area contributed by atoms with Crippen LogP contribution in [-0.2, 0) is 4.79 Å². The van der Waals surface area contributed by atoms with Crippen LogP contribution in [0.2, 0.25) is 0 Å². The summed E-state index contributed by atoms with van der Waals surface area (Å²) >= 11 is 3.18. The highest BCUT2D eigenvalue weighted by atomic mass is 79.9. The molecule has 0 unspecified atom stereocenters. The Labute approximate surface area is 164 Å². The molecular formula is C21H16BrFN2O2. The van der Waals surface area contributed by atoms with Crippen LogP contribution in [0.15, 0.2) is 59.1 Å². The van der Waals surface area contributed by atoms with E-state index >= 15 is 0 Å². The topological polar surface area (TPSA) is 49.4 Å². The van der Waals surface area contributed by atoms with E-state index in [0.29, 0.717) is 23.0 Å². The van der Waals surface area contributed by atoms with Crippen molar-refractivity contribution >= 4 is 49.9 Å². The summed E-state index contributed by atoms with van der Waals surface area (Å²) in [5.41, 5.74) is 1.73. The molecule has 0 saturated carbocycles. The predicted molar refractivity (Wildman–Crippen MR) is 108 cm³/mol. The van der Waals surface area contributed by atoms with E-state index in [4.69, 9.17) is 0 Å². The number of halogens is 2. The zero-order chi connectivity index (χ0) is 19.0. The maximum Gasteiger partial charge on any atom is 0.258 e. The summed E-state index contributed by atoms with van der Waals surface area (Å²) in [4.78, 5) is 26.5. The number of rotatable bonds is 5. The minimum atomic E-state index is -0.491. The van der Waals surface area contributed by atoms with Gasteiger partial charge in [-0.15, -0.1) is 0 Å². The average Bonchev–Trinajstić information content (AvgIpc) is 2.92. The SMILES string of the molecule is O=C(CCCN1C(=O)c2cccc3cccc1c23)Nc1ccc(Br)cc1F. The Morgan fingerprint density at radius 3 is 2.67 bits per heavy atom. The van der Waals surface area contributed by atoms with Crippen molar-refractivity contribution in [3.8, 4) is 0 Å². The van der Waals surface area contributed by atoms with Gasteiger partial charge in [0.25, 0.3) is 5.91 Å². The van der Waals surface area contributed by atoms with Gasteiger partial charge in [0.2, 0.25) is 5.91 Å². The second kappa shape index (κ2) is 7.12. The van der Waals surface area contributed by atoms with Gasteiger partial charge in [-0.3, -0.25) is 9.59 Å². The molecule has 136 valence electrons. The van der Waals surface area contributed by atoms with Crippen LogP contribution in [-0.4, -0.2) is 18.4 Å². The predicted octanol–water partition coefficient (Wildman–Crippen LogP) is 5.12. The highest BCUT2D eigenvalue weighted by molar-refractivity contribution is 9.10. The van der Waals surface area contributed by atoms with E-state index < -0.39 is 5.82 Å². The quantitative estimate of drug-likeness (QED) is 0.615. The summed E-state index contributed by atoms with van der Waals surface area (Å²) in [5, 5.41) is 4.57. The van der Waals surface area contributed by atoms with Crippen molar-refractivity contribution in [3.63, 3.8) is 0 Å². The van der Waals surface area contributed by atoms with E-state index in [1.54, 1.807) is 11.0 Å². The minimum absolute atomic E-state index is 0.0406. The molecule has 0 fully saturated rings. The highest BCUT2D eigenvalue weighted by Gasteiger charge is 2.29. The monoisotopic (exact) mass is 426 g/mol. The molecule has 0 saturated heterocycles. The van der Waals surface area contributed by atoms with Crippen molar-refractivity contribution in [2.75, 3.05) is 16.8 Å². The Morgan fingerprint density at radius 2 is 1.89 bits per heavy atom. The van der Waals surface area contributed by atoms with E-state index in [9.17, 15) is 14.0 Å². The number of benzene rings is 3. The van der Waals surface area contributed by atoms with Gasteiger partial charge in [-0.25, -0.2) is 4.39 Å². The van der Waals surface area contributed by atoms with Crippen molar-refractivity contribution in [2.24, 2.45) is 0 Å². The van der Waals surface area contributed by atoms with Crippen molar-refractivity contribution in [2.45, 2.75) is 12.8 Å². The van der Waals surface area contributed by atoms with E-state index in [0.717, 1.165) is 16.5 Å². The minimum Gasteiger partial charge on any atom is -0.324 e. The molecule has 4 nitrogen and oxygen atoms in total. The molecule has 0 radical (unpaired) electrons. The molecule has 0 spiro atoms. The molecule has 0 bridgehead atoms. The van der Waals surface area contributed by atoms with Gasteiger partial charge in [-0.1, -0.05) is 40.2 Å². The fourth-order valence-electron chi connectivity index (χ4n) is 3.40. The van der Waals surface area contributed by atoms with Crippen LogP contribution in [0.3, 0.4) is 0 Å². The molecule has 1 aliphatic heterocycles. The van der Waals surface area contributed by atoms with Crippen LogP contribution >= 0.6 is 15.9 Å². The van der Waals surface area contributed by atoms with E-state index in [-0.39, 0.29) is 23.9 Å². The number of hydrogen-bond donors (Lipinski definition) is 1. The third-order valence-corrected chi connectivity index (χ3v) is 5.13. The number of carbonyl (C=O) groups excluding carboxylic acids is 2. The summed E-state index contributed by atoms with van der Waals surface area (Å²) in [7, 11) is 0. The zero-order valence-electron chi connectivity index (χ0n) is 14.3. The van der Waals surface area contributed by atoms with E-state index in [2.05, 4.69) is 21.2 Å². The van der Waals surface area contributed by atoms with Crippen molar-refractivity contribution in [1.82, 2.24) is 0 Å². The highest BCUT2D eigenvalue weighted by Crippen LogP contribution is 2.37. The first kappa shape index (κ1) is 17.7. The van der Waals surface area contributed by atoms with Gasteiger partial charge in [0.1, 0.15) is 5.82 Å². The van der Waals surface area contributed by atoms with Gasteiger partial charge in [-0.2, -0.15) is 0 Å². The number of nitrogens with zero attached hydrogens (tertiary/aromatic N) is 1. The molecule has 3 aromatic rings. The maximum absolute atomic E-state index is 13.8. The molecule has 6 heteroatoms. The number of nitrogens with one attached hydrogen (secondary N) is 1. The van der Waals surface area contributed by atoms with Crippen molar-refractivity contribution in [1.29, 1.82) is 0 Å². The number of hydrogen-bond acceptors (Lipinski definition) is 2. The zero-order valence-corrected chi connectivity index (χ0v) is 15.9. The number of anilines is 2. The van der Waals surface area contributed by atoms with Gasteiger partial charge < -0.3 is 10.2 Å². The Hall–Kier alpha value is -2.73. The molecule has 1 heterocycles. The molecule has 1 aliphatic rings. The lowest BCUT2D eigenvalue weighted by atomic mass is 10.1. The summed E-state index contributed by atoms with van der Waals surface area (Å²) in [5.74, 6) is -0.811. The first-order valence-corrected chi connectivity index (χ1v) is 9.42. The van der Waals surface area contributed by atoms with Gasteiger partial charge >= 0.3 is 0 Å². The van der Waals surface area contributed by atoms with Crippen LogP contribution in [0.25, 0.3) is 10.8 Å². The first-order chi connectivity index (χ1) is 13.0. The third-order valence-electron chi connectivity index (χ3n) is 4.64. The van der Waals surface area contributed by atoms with E-state index in [1.165, 1.54) is 12.1 Å². The molecular weight excluding hydrogens is 411 g/mol. The molecule has 0 atom stereocenters. The molecule has 27 heavy (non-hydrogen) atoms. The molecule has 1 N–H and O–H groups in total. The van der Waals surface area contributed by atoms with Gasteiger partial charge in [0.05, 0.1) is 11.4 Å². The van der Waals surface area contributed by atoms with Gasteiger partial charge in [0.15, 0.2) is 0 Å². The van der Waals surface area contributed by atoms with Crippen LogP contribution in [0.4, 0.5) is 15.8 Å². The fraction of sp³-hybridized carbons (Fsp3) is 0.143. The second-order valence-electron chi connectivity index (χ2n) is 6.41. The third kappa shape index (κ3) is 3.32. The first-order valence-electron chi connectivity index (χ1n) is 8.63. The number of carbonyl (C=O) groups is 2. The number of amides is 2. The lowest BCUT2D eigenvalue weighted by Crippen LogP contribution is -2.28. The lowest BCUT2D eigenvalue weighted by molar-refractivity contribution is -0.116. The summed E-state index contributed by atoms with van der Waals surface area (Å²) in [6, 6.07) is 16.0. The van der Waals surface area contributed by atoms with Gasteiger partial charge in [0, 0.05) is 28.4 Å². The van der Waals surface area contributed by atoms with Crippen LogP contribution in [0.5, 0.6) is 0 Å². The van der Waals surface area contributed by atoms with Crippen LogP contribution in [0.1, 0.15) is 23.2 Å². The van der Waals surface area contributed by atoms with Crippen LogP contribution < -0.4 is 10.2 Å². The fourth-order valence-corrected chi connectivity index (χ4v) is 3.74. The normalized spacial score (nSPS) is 12.7. The summed E-state index contributed by atoms with van der Waals surface area (Å²) in [6.07, 6.45) is 0.686. The molecule has 0 aromatic heterocycles. The molecule has 4 rings (SSSR count). The Kier molecular flexibility index (Phi) is 4.66. The Balaban J connectivity index is 1.41. The van der Waals surface area contributed by atoms with Crippen molar-refractivity contribution in [3.05, 3.63) is 70.5 Å². The molecule has 3 aromatic carbocycles. The molecule has 0 aliphatic carbocycles. The maximum atomic E-state index is 13.8. The Morgan fingerprint density at radius 1 is 1.11 bits per heavy atom. The second-order valence-corrected chi connectivity index (χ2v) is 7.33.